The van der Waals surface area contributed by atoms with Crippen molar-refractivity contribution in [3.05, 3.63) is 70.3 Å². The summed E-state index contributed by atoms with van der Waals surface area (Å²) in [6, 6.07) is 11.9. The molecule has 2 aromatic carbocycles. The van der Waals surface area contributed by atoms with E-state index in [1.807, 2.05) is 19.1 Å². The smallest absolute Gasteiger partial charge is 0.261 e. The Bertz CT molecular complexity index is 886. The van der Waals surface area contributed by atoms with Crippen LogP contribution < -0.4 is 5.56 Å². The van der Waals surface area contributed by atoms with Crippen LogP contribution in [0.5, 0.6) is 5.75 Å². The third-order valence-electron chi connectivity index (χ3n) is 3.60. The first-order chi connectivity index (χ1) is 10.5. The highest BCUT2D eigenvalue weighted by Gasteiger charge is 2.12. The summed E-state index contributed by atoms with van der Waals surface area (Å²) in [5, 5.41) is 20.2. The lowest BCUT2D eigenvalue weighted by Crippen LogP contribution is -2.23. The topological polar surface area (TPSA) is 75.3 Å². The molecule has 3 rings (SSSR count). The fourth-order valence-corrected chi connectivity index (χ4v) is 2.43. The summed E-state index contributed by atoms with van der Waals surface area (Å²) < 4.78 is 1.39. The number of phenolic OH excluding ortho intramolecular Hbond substituents is 1. The van der Waals surface area contributed by atoms with E-state index in [1.165, 1.54) is 23.0 Å². The van der Waals surface area contributed by atoms with Gasteiger partial charge in [0.05, 0.1) is 29.9 Å². The number of aliphatic hydroxyl groups excluding tert-OH is 1. The van der Waals surface area contributed by atoms with Crippen molar-refractivity contribution in [1.82, 2.24) is 9.55 Å². The van der Waals surface area contributed by atoms with E-state index in [0.717, 1.165) is 5.56 Å². The molecule has 1 atom stereocenters. The van der Waals surface area contributed by atoms with Gasteiger partial charge in [-0.05, 0) is 36.8 Å². The summed E-state index contributed by atoms with van der Waals surface area (Å²) in [5.41, 5.74) is 1.99. The molecule has 0 fully saturated rings. The summed E-state index contributed by atoms with van der Waals surface area (Å²) >= 11 is 0. The van der Waals surface area contributed by atoms with Crippen LogP contribution in [0, 0.1) is 6.92 Å². The molecule has 1 aromatic heterocycles. The first-order valence-electron chi connectivity index (χ1n) is 6.97. The van der Waals surface area contributed by atoms with Gasteiger partial charge in [-0.2, -0.15) is 0 Å². The van der Waals surface area contributed by atoms with Crippen LogP contribution in [0.1, 0.15) is 17.2 Å². The van der Waals surface area contributed by atoms with Crippen molar-refractivity contribution in [2.75, 3.05) is 0 Å². The van der Waals surface area contributed by atoms with Gasteiger partial charge in [0.15, 0.2) is 0 Å². The lowest BCUT2D eigenvalue weighted by Gasteiger charge is -2.13. The molecule has 0 spiro atoms. The van der Waals surface area contributed by atoms with E-state index in [-0.39, 0.29) is 17.9 Å². The van der Waals surface area contributed by atoms with Crippen molar-refractivity contribution in [3.63, 3.8) is 0 Å². The third-order valence-corrected chi connectivity index (χ3v) is 3.60. The number of aromatic hydroxyl groups is 1. The van der Waals surface area contributed by atoms with Gasteiger partial charge >= 0.3 is 0 Å². The van der Waals surface area contributed by atoms with E-state index in [2.05, 4.69) is 4.98 Å². The molecule has 0 amide bonds. The Morgan fingerprint density at radius 1 is 1.23 bits per heavy atom. The Balaban J connectivity index is 1.97. The van der Waals surface area contributed by atoms with Gasteiger partial charge in [0.2, 0.25) is 0 Å². The monoisotopic (exact) mass is 296 g/mol. The van der Waals surface area contributed by atoms with Gasteiger partial charge < -0.3 is 10.2 Å². The maximum Gasteiger partial charge on any atom is 0.261 e. The summed E-state index contributed by atoms with van der Waals surface area (Å²) in [6.45, 7) is 2.00. The summed E-state index contributed by atoms with van der Waals surface area (Å²) in [7, 11) is 0. The van der Waals surface area contributed by atoms with E-state index < -0.39 is 6.10 Å². The summed E-state index contributed by atoms with van der Waals surface area (Å²) in [5.74, 6) is 0.0798. The molecule has 0 saturated heterocycles. The van der Waals surface area contributed by atoms with Crippen LogP contribution in [0.2, 0.25) is 0 Å². The molecule has 1 heterocycles. The molecule has 0 aliphatic rings. The highest BCUT2D eigenvalue weighted by Crippen LogP contribution is 2.19. The van der Waals surface area contributed by atoms with Gasteiger partial charge in [-0.15, -0.1) is 0 Å². The Morgan fingerprint density at radius 2 is 2.05 bits per heavy atom. The first kappa shape index (κ1) is 14.3. The molecule has 0 radical (unpaired) electrons. The largest absolute Gasteiger partial charge is 0.508 e. The van der Waals surface area contributed by atoms with E-state index in [1.54, 1.807) is 18.2 Å². The Morgan fingerprint density at radius 3 is 2.82 bits per heavy atom. The molecule has 22 heavy (non-hydrogen) atoms. The molecule has 0 aliphatic carbocycles. The number of fused-ring (bicyclic) bond motifs is 1. The number of aryl methyl sites for hydroxylation is 1. The van der Waals surface area contributed by atoms with Crippen LogP contribution >= 0.6 is 0 Å². The maximum atomic E-state index is 12.5. The second-order valence-corrected chi connectivity index (χ2v) is 5.33. The van der Waals surface area contributed by atoms with Crippen molar-refractivity contribution >= 4 is 10.9 Å². The van der Waals surface area contributed by atoms with Crippen molar-refractivity contribution in [1.29, 1.82) is 0 Å². The normalized spacial score (nSPS) is 12.5. The quantitative estimate of drug-likeness (QED) is 0.776. The molecule has 5 heteroatoms. The third kappa shape index (κ3) is 2.71. The van der Waals surface area contributed by atoms with Gasteiger partial charge in [0.25, 0.3) is 5.56 Å². The van der Waals surface area contributed by atoms with Gasteiger partial charge in [-0.3, -0.25) is 9.36 Å². The molecular formula is C17H16N2O3. The SMILES string of the molecule is Cc1ccc2ncn(C[C@@H](O)c3cccc(O)c3)c(=O)c2c1. The number of rotatable bonds is 3. The van der Waals surface area contributed by atoms with E-state index in [9.17, 15) is 15.0 Å². The Labute approximate surface area is 127 Å². The number of benzene rings is 2. The van der Waals surface area contributed by atoms with E-state index >= 15 is 0 Å². The standard InChI is InChI=1S/C17H16N2O3/c1-11-5-6-15-14(7-11)17(22)19(10-18-15)9-16(21)12-3-2-4-13(20)8-12/h2-8,10,16,20-21H,9H2,1H3/t16-/m1/s1. The van der Waals surface area contributed by atoms with Crippen molar-refractivity contribution in [2.45, 2.75) is 19.6 Å². The highest BCUT2D eigenvalue weighted by molar-refractivity contribution is 5.77. The number of hydrogen-bond acceptors (Lipinski definition) is 4. The van der Waals surface area contributed by atoms with E-state index in [4.69, 9.17) is 0 Å². The molecule has 0 aliphatic heterocycles. The minimum absolute atomic E-state index is 0.0798. The second-order valence-electron chi connectivity index (χ2n) is 5.33. The van der Waals surface area contributed by atoms with Crippen molar-refractivity contribution in [2.24, 2.45) is 0 Å². The molecule has 2 N–H and O–H groups in total. The molecule has 0 bridgehead atoms. The Hall–Kier alpha value is -2.66. The minimum atomic E-state index is -0.895. The highest BCUT2D eigenvalue weighted by atomic mass is 16.3. The number of aliphatic hydroxyl groups is 1. The average molecular weight is 296 g/mol. The predicted molar refractivity (Wildman–Crippen MR) is 83.8 cm³/mol. The van der Waals surface area contributed by atoms with Crippen LogP contribution in [-0.4, -0.2) is 19.8 Å². The number of hydrogen-bond donors (Lipinski definition) is 2. The molecule has 112 valence electrons. The zero-order valence-electron chi connectivity index (χ0n) is 12.1. The van der Waals surface area contributed by atoms with Crippen LogP contribution in [-0.2, 0) is 6.54 Å². The van der Waals surface area contributed by atoms with Gasteiger partial charge in [-0.1, -0.05) is 23.8 Å². The second kappa shape index (κ2) is 5.61. The first-order valence-corrected chi connectivity index (χ1v) is 6.97. The average Bonchev–Trinajstić information content (AvgIpc) is 2.50. The van der Waals surface area contributed by atoms with Crippen LogP contribution in [0.4, 0.5) is 0 Å². The minimum Gasteiger partial charge on any atom is -0.508 e. The van der Waals surface area contributed by atoms with Crippen molar-refractivity contribution in [3.8, 4) is 5.75 Å². The van der Waals surface area contributed by atoms with Gasteiger partial charge in [0, 0.05) is 0 Å². The maximum absolute atomic E-state index is 12.5. The lowest BCUT2D eigenvalue weighted by molar-refractivity contribution is 0.154. The summed E-state index contributed by atoms with van der Waals surface area (Å²) in [4.78, 5) is 16.7. The Kier molecular flexibility index (Phi) is 3.65. The van der Waals surface area contributed by atoms with E-state index in [0.29, 0.717) is 16.5 Å². The molecule has 5 nitrogen and oxygen atoms in total. The lowest BCUT2D eigenvalue weighted by atomic mass is 10.1. The number of nitrogens with zero attached hydrogens (tertiary/aromatic N) is 2. The van der Waals surface area contributed by atoms with Crippen LogP contribution in [0.15, 0.2) is 53.6 Å². The van der Waals surface area contributed by atoms with Gasteiger partial charge in [-0.25, -0.2) is 4.98 Å². The number of phenols is 1. The van der Waals surface area contributed by atoms with Crippen LogP contribution in [0.25, 0.3) is 10.9 Å². The zero-order valence-corrected chi connectivity index (χ0v) is 12.1. The summed E-state index contributed by atoms with van der Waals surface area (Å²) in [6.07, 6.45) is 0.542. The molecule has 0 saturated carbocycles. The predicted octanol–water partition coefficient (Wildman–Crippen LogP) is 2.14. The fraction of sp³-hybridized carbons (Fsp3) is 0.176. The number of aromatic nitrogens is 2. The zero-order chi connectivity index (χ0) is 15.7. The fourth-order valence-electron chi connectivity index (χ4n) is 2.43. The molecular weight excluding hydrogens is 280 g/mol. The van der Waals surface area contributed by atoms with Gasteiger partial charge in [0.1, 0.15) is 5.75 Å². The van der Waals surface area contributed by atoms with Crippen LogP contribution in [0.3, 0.4) is 0 Å². The molecule has 0 unspecified atom stereocenters. The van der Waals surface area contributed by atoms with Crippen molar-refractivity contribution < 1.29 is 10.2 Å². The molecule has 3 aromatic rings.